The van der Waals surface area contributed by atoms with Crippen LogP contribution in [0.3, 0.4) is 0 Å². The fourth-order valence-corrected chi connectivity index (χ4v) is 1.53. The number of halogens is 3. The second kappa shape index (κ2) is 6.91. The van der Waals surface area contributed by atoms with Crippen LogP contribution in [0.5, 0.6) is 0 Å². The summed E-state index contributed by atoms with van der Waals surface area (Å²) in [7, 11) is 0. The molecule has 5 nitrogen and oxygen atoms in total. The molecule has 1 aliphatic heterocycles. The van der Waals surface area contributed by atoms with Crippen LogP contribution < -0.4 is 10.6 Å². The van der Waals surface area contributed by atoms with E-state index in [9.17, 15) is 18.0 Å². The van der Waals surface area contributed by atoms with Crippen molar-refractivity contribution < 1.29 is 27.8 Å². The van der Waals surface area contributed by atoms with Gasteiger partial charge >= 0.3 is 6.18 Å². The van der Waals surface area contributed by atoms with E-state index in [1.165, 1.54) is 0 Å². The van der Waals surface area contributed by atoms with Crippen molar-refractivity contribution in [2.24, 2.45) is 0 Å². The second-order valence-corrected chi connectivity index (χ2v) is 4.12. The van der Waals surface area contributed by atoms with Crippen LogP contribution in [0.15, 0.2) is 0 Å². The van der Waals surface area contributed by atoms with Crippen molar-refractivity contribution in [1.29, 1.82) is 0 Å². The van der Waals surface area contributed by atoms with E-state index in [0.717, 1.165) is 25.9 Å². The maximum atomic E-state index is 11.9. The number of ether oxygens (including phenoxy) is 1. The lowest BCUT2D eigenvalue weighted by atomic mass is 10.1. The minimum Gasteiger partial charge on any atom is -0.382 e. The molecule has 18 heavy (non-hydrogen) atoms. The van der Waals surface area contributed by atoms with Gasteiger partial charge in [0.25, 0.3) is 0 Å². The van der Waals surface area contributed by atoms with Gasteiger partial charge in [0.05, 0.1) is 12.6 Å². The highest BCUT2D eigenvalue weighted by Gasteiger charge is 2.38. The number of piperidine rings is 1. The van der Waals surface area contributed by atoms with E-state index in [2.05, 4.69) is 5.32 Å². The summed E-state index contributed by atoms with van der Waals surface area (Å²) in [5.41, 5.74) is 0. The van der Waals surface area contributed by atoms with E-state index in [4.69, 9.17) is 9.84 Å². The van der Waals surface area contributed by atoms with Crippen LogP contribution in [0.25, 0.3) is 0 Å². The van der Waals surface area contributed by atoms with Gasteiger partial charge in [-0.2, -0.15) is 13.2 Å². The molecule has 1 atom stereocenters. The Morgan fingerprint density at radius 2 is 2.06 bits per heavy atom. The minimum absolute atomic E-state index is 0.0375. The van der Waals surface area contributed by atoms with E-state index in [0.29, 0.717) is 0 Å². The van der Waals surface area contributed by atoms with Crippen LogP contribution in [0, 0.1) is 0 Å². The Labute approximate surface area is 103 Å². The Kier molecular flexibility index (Phi) is 5.83. The third-order valence-electron chi connectivity index (χ3n) is 2.61. The molecule has 1 saturated heterocycles. The quantitative estimate of drug-likeness (QED) is 0.647. The molecule has 0 saturated carbocycles. The molecular formula is C10H17F3N2O3. The van der Waals surface area contributed by atoms with Crippen LogP contribution in [0.4, 0.5) is 13.2 Å². The predicted molar refractivity (Wildman–Crippen MR) is 56.9 cm³/mol. The van der Waals surface area contributed by atoms with E-state index in [1.54, 1.807) is 0 Å². The number of aliphatic hydroxyl groups is 1. The maximum absolute atomic E-state index is 11.9. The van der Waals surface area contributed by atoms with Crippen LogP contribution >= 0.6 is 0 Å². The number of carbonyl (C=O) groups is 1. The number of hydrogen-bond acceptors (Lipinski definition) is 4. The van der Waals surface area contributed by atoms with Gasteiger partial charge in [-0.25, -0.2) is 0 Å². The standard InChI is InChI=1S/C10H17F3N2O3/c11-10(12,13)8(16)5-15-9(17)6-18-7-1-3-14-4-2-7/h7-8,14,16H,1-6H2,(H,15,17). The van der Waals surface area contributed by atoms with Gasteiger partial charge in [0, 0.05) is 0 Å². The molecule has 0 radical (unpaired) electrons. The van der Waals surface area contributed by atoms with Crippen molar-refractivity contribution in [2.45, 2.75) is 31.2 Å². The van der Waals surface area contributed by atoms with Crippen molar-refractivity contribution in [3.8, 4) is 0 Å². The van der Waals surface area contributed by atoms with Gasteiger partial charge in [-0.15, -0.1) is 0 Å². The second-order valence-electron chi connectivity index (χ2n) is 4.12. The van der Waals surface area contributed by atoms with Crippen molar-refractivity contribution >= 4 is 5.91 Å². The molecule has 0 aromatic rings. The average molecular weight is 270 g/mol. The highest BCUT2D eigenvalue weighted by molar-refractivity contribution is 5.77. The molecule has 106 valence electrons. The Balaban J connectivity index is 2.13. The SMILES string of the molecule is O=C(COC1CCNCC1)NCC(O)C(F)(F)F. The van der Waals surface area contributed by atoms with Gasteiger partial charge in [0.2, 0.25) is 5.91 Å². The van der Waals surface area contributed by atoms with Gasteiger partial charge in [-0.1, -0.05) is 0 Å². The summed E-state index contributed by atoms with van der Waals surface area (Å²) in [5, 5.41) is 13.8. The Bertz CT molecular complexity index is 268. The smallest absolute Gasteiger partial charge is 0.382 e. The summed E-state index contributed by atoms with van der Waals surface area (Å²) in [5.74, 6) is -0.656. The van der Waals surface area contributed by atoms with Crippen molar-refractivity contribution in [2.75, 3.05) is 26.2 Å². The number of rotatable bonds is 5. The first-order valence-corrected chi connectivity index (χ1v) is 5.73. The zero-order valence-corrected chi connectivity index (χ0v) is 9.79. The summed E-state index contributed by atoms with van der Waals surface area (Å²) < 4.78 is 41.1. The summed E-state index contributed by atoms with van der Waals surface area (Å²) in [6, 6.07) is 0. The van der Waals surface area contributed by atoms with E-state index in [-0.39, 0.29) is 12.7 Å². The zero-order chi connectivity index (χ0) is 13.6. The van der Waals surface area contributed by atoms with Gasteiger partial charge < -0.3 is 20.5 Å². The third-order valence-corrected chi connectivity index (χ3v) is 2.61. The van der Waals surface area contributed by atoms with Crippen molar-refractivity contribution in [3.63, 3.8) is 0 Å². The molecule has 0 spiro atoms. The van der Waals surface area contributed by atoms with Gasteiger partial charge in [0.1, 0.15) is 6.61 Å². The Morgan fingerprint density at radius 3 is 2.61 bits per heavy atom. The summed E-state index contributed by atoms with van der Waals surface area (Å²) >= 11 is 0. The molecular weight excluding hydrogens is 253 g/mol. The van der Waals surface area contributed by atoms with Gasteiger partial charge in [-0.05, 0) is 25.9 Å². The van der Waals surface area contributed by atoms with Crippen LogP contribution in [0.2, 0.25) is 0 Å². The van der Waals surface area contributed by atoms with E-state index in [1.807, 2.05) is 5.32 Å². The predicted octanol–water partition coefficient (Wildman–Crippen LogP) is -0.206. The van der Waals surface area contributed by atoms with Gasteiger partial charge in [-0.3, -0.25) is 4.79 Å². The average Bonchev–Trinajstić information content (AvgIpc) is 2.33. The molecule has 3 N–H and O–H groups in total. The lowest BCUT2D eigenvalue weighted by molar-refractivity contribution is -0.202. The van der Waals surface area contributed by atoms with Gasteiger partial charge in [0.15, 0.2) is 6.10 Å². The first-order valence-electron chi connectivity index (χ1n) is 5.73. The number of nitrogens with one attached hydrogen (secondary N) is 2. The highest BCUT2D eigenvalue weighted by Crippen LogP contribution is 2.19. The molecule has 0 bridgehead atoms. The first kappa shape index (κ1) is 15.2. The molecule has 1 rings (SSSR count). The topological polar surface area (TPSA) is 70.6 Å². The molecule has 1 heterocycles. The fourth-order valence-electron chi connectivity index (χ4n) is 1.53. The van der Waals surface area contributed by atoms with Crippen LogP contribution in [0.1, 0.15) is 12.8 Å². The molecule has 1 aliphatic rings. The number of amides is 1. The fraction of sp³-hybridized carbons (Fsp3) is 0.900. The van der Waals surface area contributed by atoms with Crippen molar-refractivity contribution in [3.05, 3.63) is 0 Å². The highest BCUT2D eigenvalue weighted by atomic mass is 19.4. The number of alkyl halides is 3. The number of carbonyl (C=O) groups excluding carboxylic acids is 1. The molecule has 0 aromatic heterocycles. The summed E-state index contributed by atoms with van der Waals surface area (Å²) in [4.78, 5) is 11.2. The summed E-state index contributed by atoms with van der Waals surface area (Å²) in [6.07, 6.45) is -5.75. The molecule has 1 fully saturated rings. The molecule has 0 aliphatic carbocycles. The largest absolute Gasteiger partial charge is 0.416 e. The summed E-state index contributed by atoms with van der Waals surface area (Å²) in [6.45, 7) is 0.477. The van der Waals surface area contributed by atoms with Crippen LogP contribution in [-0.4, -0.2) is 55.6 Å². The minimum atomic E-state index is -4.72. The Morgan fingerprint density at radius 1 is 1.44 bits per heavy atom. The normalized spacial score (nSPS) is 19.6. The molecule has 1 amide bonds. The van der Waals surface area contributed by atoms with Crippen molar-refractivity contribution in [1.82, 2.24) is 10.6 Å². The Hall–Kier alpha value is -0.860. The first-order chi connectivity index (χ1) is 8.39. The molecule has 1 unspecified atom stereocenters. The number of aliphatic hydroxyl groups excluding tert-OH is 1. The maximum Gasteiger partial charge on any atom is 0.416 e. The molecule has 0 aromatic carbocycles. The third kappa shape index (κ3) is 5.65. The van der Waals surface area contributed by atoms with E-state index < -0.39 is 24.7 Å². The molecule has 8 heteroatoms. The zero-order valence-electron chi connectivity index (χ0n) is 9.79. The monoisotopic (exact) mass is 270 g/mol. The van der Waals surface area contributed by atoms with Crippen LogP contribution in [-0.2, 0) is 9.53 Å². The lowest BCUT2D eigenvalue weighted by Gasteiger charge is -2.22. The lowest BCUT2D eigenvalue weighted by Crippen LogP contribution is -2.42. The number of hydrogen-bond donors (Lipinski definition) is 3. The van der Waals surface area contributed by atoms with E-state index >= 15 is 0 Å².